The van der Waals surface area contributed by atoms with Crippen molar-refractivity contribution < 1.29 is 4.74 Å². The zero-order chi connectivity index (χ0) is 17.8. The van der Waals surface area contributed by atoms with Crippen LogP contribution in [0.2, 0.25) is 5.02 Å². The number of H-pyrrole nitrogens is 1. The molecule has 1 heterocycles. The minimum Gasteiger partial charge on any atom is -0.480 e. The van der Waals surface area contributed by atoms with Crippen molar-refractivity contribution in [1.82, 2.24) is 9.78 Å². The highest BCUT2D eigenvalue weighted by atomic mass is 35.5. The Morgan fingerprint density at radius 3 is 2.76 bits per heavy atom. The van der Waals surface area contributed by atoms with Gasteiger partial charge in [-0.15, -0.1) is 6.42 Å². The second kappa shape index (κ2) is 7.16. The Morgan fingerprint density at radius 2 is 2.04 bits per heavy atom. The van der Waals surface area contributed by atoms with Crippen molar-refractivity contribution in [2.24, 2.45) is 0 Å². The number of para-hydroxylation sites is 1. The first-order valence-electron chi connectivity index (χ1n) is 7.53. The van der Waals surface area contributed by atoms with Crippen LogP contribution in [-0.2, 0) is 0 Å². The van der Waals surface area contributed by atoms with E-state index in [1.165, 1.54) is 4.68 Å². The number of benzene rings is 2. The molecule has 0 fully saturated rings. The molecule has 2 aromatic carbocycles. The van der Waals surface area contributed by atoms with Gasteiger partial charge in [0.1, 0.15) is 12.4 Å². The molecule has 25 heavy (non-hydrogen) atoms. The SMILES string of the molecule is C#CCOc1ccc(Cl)cc1/C=c1/c(=C)[nH]n(-c2ccccc2)c1=O. The molecule has 0 aliphatic rings. The van der Waals surface area contributed by atoms with Gasteiger partial charge in [0.2, 0.25) is 0 Å². The fourth-order valence-corrected chi connectivity index (χ4v) is 2.62. The Labute approximate surface area is 149 Å². The molecule has 0 unspecified atom stereocenters. The lowest BCUT2D eigenvalue weighted by Crippen LogP contribution is -2.34. The van der Waals surface area contributed by atoms with Gasteiger partial charge in [-0.3, -0.25) is 9.89 Å². The highest BCUT2D eigenvalue weighted by molar-refractivity contribution is 6.30. The van der Waals surface area contributed by atoms with E-state index in [4.69, 9.17) is 22.8 Å². The molecule has 0 aliphatic heterocycles. The Bertz CT molecular complexity index is 1110. The van der Waals surface area contributed by atoms with Crippen LogP contribution in [0, 0.1) is 12.3 Å². The third kappa shape index (κ3) is 3.52. The van der Waals surface area contributed by atoms with Crippen LogP contribution in [0.15, 0.2) is 53.3 Å². The normalized spacial score (nSPS) is 11.3. The smallest absolute Gasteiger partial charge is 0.279 e. The quantitative estimate of drug-likeness (QED) is 0.732. The number of aromatic nitrogens is 2. The number of aromatic amines is 1. The number of nitrogens with zero attached hydrogens (tertiary/aromatic N) is 1. The van der Waals surface area contributed by atoms with E-state index in [0.29, 0.717) is 26.9 Å². The van der Waals surface area contributed by atoms with E-state index in [-0.39, 0.29) is 12.2 Å². The van der Waals surface area contributed by atoms with Crippen molar-refractivity contribution in [1.29, 1.82) is 0 Å². The molecule has 4 nitrogen and oxygen atoms in total. The van der Waals surface area contributed by atoms with Gasteiger partial charge in [-0.05, 0) is 36.4 Å². The highest BCUT2D eigenvalue weighted by Gasteiger charge is 2.07. The summed E-state index contributed by atoms with van der Waals surface area (Å²) in [5, 5.41) is 4.44. The van der Waals surface area contributed by atoms with Crippen LogP contribution in [-0.4, -0.2) is 16.4 Å². The van der Waals surface area contributed by atoms with Gasteiger partial charge >= 0.3 is 0 Å². The van der Waals surface area contributed by atoms with Crippen LogP contribution in [0.4, 0.5) is 0 Å². The number of hydrogen-bond acceptors (Lipinski definition) is 2. The minimum atomic E-state index is -0.209. The number of rotatable bonds is 4. The van der Waals surface area contributed by atoms with Gasteiger partial charge in [0, 0.05) is 10.6 Å². The topological polar surface area (TPSA) is 47.0 Å². The number of terminal acetylenes is 1. The summed E-state index contributed by atoms with van der Waals surface area (Å²) in [5.41, 5.74) is 1.18. The van der Waals surface area contributed by atoms with Crippen molar-refractivity contribution in [2.75, 3.05) is 6.61 Å². The Kier molecular flexibility index (Phi) is 4.78. The molecule has 5 heteroatoms. The maximum Gasteiger partial charge on any atom is 0.279 e. The molecule has 0 atom stereocenters. The standard InChI is InChI=1S/C20H15ClN2O2/c1-3-11-25-19-10-9-16(21)12-15(19)13-18-14(2)22-23(20(18)24)17-7-5-4-6-8-17/h1,4-10,12-13,22H,2,11H2/b18-13-. The molecule has 3 aromatic rings. The maximum absolute atomic E-state index is 12.8. The monoisotopic (exact) mass is 350 g/mol. The lowest BCUT2D eigenvalue weighted by atomic mass is 10.1. The van der Waals surface area contributed by atoms with Gasteiger partial charge in [-0.2, -0.15) is 0 Å². The Hall–Kier alpha value is -3.16. The average Bonchev–Trinajstić information content (AvgIpc) is 2.90. The summed E-state index contributed by atoms with van der Waals surface area (Å²) in [6, 6.07) is 14.4. The zero-order valence-electron chi connectivity index (χ0n) is 13.3. The van der Waals surface area contributed by atoms with Crippen LogP contribution in [0.5, 0.6) is 5.75 Å². The molecule has 1 aromatic heterocycles. The predicted molar refractivity (Wildman–Crippen MR) is 101 cm³/mol. The average molecular weight is 351 g/mol. The fraction of sp³-hybridized carbons (Fsp3) is 0.0500. The molecule has 0 saturated carbocycles. The number of hydrogen-bond donors (Lipinski definition) is 1. The fourth-order valence-electron chi connectivity index (χ4n) is 2.44. The maximum atomic E-state index is 12.8. The largest absolute Gasteiger partial charge is 0.480 e. The van der Waals surface area contributed by atoms with E-state index >= 15 is 0 Å². The van der Waals surface area contributed by atoms with Crippen molar-refractivity contribution in [2.45, 2.75) is 0 Å². The molecule has 0 saturated heterocycles. The predicted octanol–water partition coefficient (Wildman–Crippen LogP) is 2.07. The highest BCUT2D eigenvalue weighted by Crippen LogP contribution is 2.23. The van der Waals surface area contributed by atoms with E-state index in [2.05, 4.69) is 17.6 Å². The Balaban J connectivity index is 2.17. The molecule has 0 amide bonds. The van der Waals surface area contributed by atoms with Crippen LogP contribution >= 0.6 is 11.6 Å². The Morgan fingerprint density at radius 1 is 1.28 bits per heavy atom. The van der Waals surface area contributed by atoms with Gasteiger partial charge in [0.15, 0.2) is 0 Å². The summed E-state index contributed by atoms with van der Waals surface area (Å²) in [5.74, 6) is 2.97. The molecular formula is C20H15ClN2O2. The first kappa shape index (κ1) is 16.7. The first-order chi connectivity index (χ1) is 12.1. The second-order valence-corrected chi connectivity index (χ2v) is 5.74. The van der Waals surface area contributed by atoms with Crippen LogP contribution in [0.1, 0.15) is 5.56 Å². The third-order valence-electron chi connectivity index (χ3n) is 3.60. The van der Waals surface area contributed by atoms with Gasteiger partial charge < -0.3 is 4.74 Å². The van der Waals surface area contributed by atoms with Gasteiger partial charge in [0.05, 0.1) is 16.3 Å². The molecule has 0 radical (unpaired) electrons. The molecule has 0 bridgehead atoms. The van der Waals surface area contributed by atoms with Gasteiger partial charge in [0.25, 0.3) is 5.56 Å². The number of nitrogens with one attached hydrogen (secondary N) is 1. The van der Waals surface area contributed by atoms with Crippen molar-refractivity contribution >= 4 is 24.3 Å². The van der Waals surface area contributed by atoms with Crippen molar-refractivity contribution in [3.8, 4) is 23.8 Å². The molecule has 124 valence electrons. The summed E-state index contributed by atoms with van der Waals surface area (Å²) in [7, 11) is 0. The number of ether oxygens (including phenoxy) is 1. The molecule has 0 spiro atoms. The second-order valence-electron chi connectivity index (χ2n) is 5.30. The van der Waals surface area contributed by atoms with Crippen molar-refractivity contribution in [3.05, 3.63) is 80.0 Å². The molecule has 0 aliphatic carbocycles. The molecule has 3 rings (SSSR count). The summed E-state index contributed by atoms with van der Waals surface area (Å²) in [6.07, 6.45) is 6.94. The summed E-state index contributed by atoms with van der Waals surface area (Å²) in [6.45, 7) is 4.05. The summed E-state index contributed by atoms with van der Waals surface area (Å²) >= 11 is 6.08. The van der Waals surface area contributed by atoms with Gasteiger partial charge in [-0.25, -0.2) is 4.68 Å². The van der Waals surface area contributed by atoms with Gasteiger partial charge in [-0.1, -0.05) is 42.3 Å². The summed E-state index contributed by atoms with van der Waals surface area (Å²) in [4.78, 5) is 12.8. The van der Waals surface area contributed by atoms with E-state index in [1.54, 1.807) is 24.3 Å². The number of halogens is 1. The first-order valence-corrected chi connectivity index (χ1v) is 7.91. The van der Waals surface area contributed by atoms with Crippen LogP contribution < -0.4 is 20.9 Å². The van der Waals surface area contributed by atoms with Crippen LogP contribution in [0.25, 0.3) is 18.3 Å². The summed E-state index contributed by atoms with van der Waals surface area (Å²) < 4.78 is 6.96. The minimum absolute atomic E-state index is 0.126. The van der Waals surface area contributed by atoms with E-state index < -0.39 is 0 Å². The zero-order valence-corrected chi connectivity index (χ0v) is 14.1. The van der Waals surface area contributed by atoms with E-state index in [9.17, 15) is 4.79 Å². The lowest BCUT2D eigenvalue weighted by Gasteiger charge is -2.06. The molecular weight excluding hydrogens is 336 g/mol. The molecule has 1 N–H and O–H groups in total. The lowest BCUT2D eigenvalue weighted by molar-refractivity contribution is 0.369. The van der Waals surface area contributed by atoms with E-state index in [0.717, 1.165) is 5.69 Å². The third-order valence-corrected chi connectivity index (χ3v) is 3.84. The van der Waals surface area contributed by atoms with E-state index in [1.807, 2.05) is 30.3 Å². The van der Waals surface area contributed by atoms with Crippen molar-refractivity contribution in [3.63, 3.8) is 0 Å². The van der Waals surface area contributed by atoms with Crippen LogP contribution in [0.3, 0.4) is 0 Å².